The maximum absolute atomic E-state index is 12.3. The van der Waals surface area contributed by atoms with E-state index in [2.05, 4.69) is 26.4 Å². The van der Waals surface area contributed by atoms with Crippen molar-refractivity contribution in [2.75, 3.05) is 0 Å². The summed E-state index contributed by atoms with van der Waals surface area (Å²) in [7, 11) is 0. The molecule has 2 aromatic rings. The molecule has 0 fully saturated rings. The summed E-state index contributed by atoms with van der Waals surface area (Å²) in [6.45, 7) is 1.71. The van der Waals surface area contributed by atoms with E-state index in [1.165, 1.54) is 0 Å². The monoisotopic (exact) mass is 431 g/mol. The third-order valence-corrected chi connectivity index (χ3v) is 4.75. The number of aliphatic imine (C=N–C) groups is 1. The highest BCUT2D eigenvalue weighted by atomic mass is 35.5. The van der Waals surface area contributed by atoms with Gasteiger partial charge in [-0.2, -0.15) is 5.10 Å². The third kappa shape index (κ3) is 5.79. The van der Waals surface area contributed by atoms with Gasteiger partial charge >= 0.3 is 0 Å². The fourth-order valence-corrected chi connectivity index (χ4v) is 3.27. The Kier molecular flexibility index (Phi) is 6.85. The fraction of sp³-hybridized carbons (Fsp3) is 0.200. The number of benzene rings is 2. The van der Waals surface area contributed by atoms with Gasteiger partial charge in [0, 0.05) is 17.0 Å². The normalized spacial score (nSPS) is 16.5. The lowest BCUT2D eigenvalue weighted by atomic mass is 10.1. The number of carbonyl (C=O) groups excluding carboxylic acids is 2. The molecule has 0 saturated carbocycles. The minimum absolute atomic E-state index is 0.128. The van der Waals surface area contributed by atoms with Crippen molar-refractivity contribution in [3.05, 3.63) is 69.7 Å². The van der Waals surface area contributed by atoms with Gasteiger partial charge in [-0.3, -0.25) is 25.4 Å². The summed E-state index contributed by atoms with van der Waals surface area (Å²) in [5.74, 6) is -0.223. The van der Waals surface area contributed by atoms with Crippen LogP contribution in [0.15, 0.2) is 58.6 Å². The highest BCUT2D eigenvalue weighted by Gasteiger charge is 2.25. The molecular weight excluding hydrogens is 413 g/mol. The van der Waals surface area contributed by atoms with E-state index < -0.39 is 11.9 Å². The van der Waals surface area contributed by atoms with Crippen molar-refractivity contribution in [1.29, 1.82) is 0 Å². The molecule has 1 aliphatic rings. The number of hydrogen-bond donors (Lipinski definition) is 3. The second-order valence-electron chi connectivity index (χ2n) is 6.43. The molecule has 2 aromatic carbocycles. The quantitative estimate of drug-likeness (QED) is 0.484. The average Bonchev–Trinajstić information content (AvgIpc) is 2.69. The number of nitrogens with zero attached hydrogens (tertiary/aromatic N) is 2. The predicted molar refractivity (Wildman–Crippen MR) is 114 cm³/mol. The molecule has 3 N–H and O–H groups in total. The van der Waals surface area contributed by atoms with Crippen LogP contribution >= 0.6 is 23.2 Å². The SMILES string of the molecule is C/C(=N/NC(=O)C[C@H]1N=C(Cc2ccccc2)NNC1=O)c1ccc(Cl)cc1Cl. The van der Waals surface area contributed by atoms with Crippen molar-refractivity contribution in [1.82, 2.24) is 16.3 Å². The van der Waals surface area contributed by atoms with Crippen molar-refractivity contribution in [3.63, 3.8) is 0 Å². The van der Waals surface area contributed by atoms with Gasteiger partial charge in [-0.05, 0) is 24.6 Å². The van der Waals surface area contributed by atoms with Crippen molar-refractivity contribution in [3.8, 4) is 0 Å². The van der Waals surface area contributed by atoms with Crippen molar-refractivity contribution in [2.45, 2.75) is 25.8 Å². The second-order valence-corrected chi connectivity index (χ2v) is 7.27. The Bertz CT molecular complexity index is 976. The number of halogens is 2. The zero-order valence-corrected chi connectivity index (χ0v) is 17.1. The Hall–Kier alpha value is -2.90. The summed E-state index contributed by atoms with van der Waals surface area (Å²) in [6.07, 6.45) is 0.391. The molecule has 1 aliphatic heterocycles. The number of rotatable bonds is 6. The first-order chi connectivity index (χ1) is 13.9. The Morgan fingerprint density at radius 1 is 1.17 bits per heavy atom. The first kappa shape index (κ1) is 20.8. The highest BCUT2D eigenvalue weighted by Crippen LogP contribution is 2.21. The Balaban J connectivity index is 1.62. The Morgan fingerprint density at radius 2 is 1.93 bits per heavy atom. The lowest BCUT2D eigenvalue weighted by Crippen LogP contribution is -2.52. The standard InChI is InChI=1S/C20H19Cl2N5O2/c1-12(15-8-7-14(21)10-16(15)22)24-26-19(28)11-17-20(29)27-25-18(23-17)9-13-5-3-2-4-6-13/h2-8,10,17H,9,11H2,1H3,(H,23,25)(H,26,28)(H,27,29)/b24-12-/t17-/m1/s1. The zero-order chi connectivity index (χ0) is 20.8. The topological polar surface area (TPSA) is 94.9 Å². The van der Waals surface area contributed by atoms with Crippen LogP contribution < -0.4 is 16.3 Å². The van der Waals surface area contributed by atoms with Gasteiger partial charge in [0.25, 0.3) is 5.91 Å². The van der Waals surface area contributed by atoms with Gasteiger partial charge in [0.05, 0.1) is 17.2 Å². The van der Waals surface area contributed by atoms with Gasteiger partial charge in [-0.15, -0.1) is 0 Å². The summed E-state index contributed by atoms with van der Waals surface area (Å²) in [4.78, 5) is 28.6. The molecule has 0 spiro atoms. The summed E-state index contributed by atoms with van der Waals surface area (Å²) >= 11 is 12.0. The summed E-state index contributed by atoms with van der Waals surface area (Å²) in [5, 5.41) is 5.00. The van der Waals surface area contributed by atoms with Crippen LogP contribution in [-0.2, 0) is 16.0 Å². The minimum atomic E-state index is -0.829. The smallest absolute Gasteiger partial charge is 0.263 e. The molecule has 1 heterocycles. The van der Waals surface area contributed by atoms with E-state index in [-0.39, 0.29) is 12.3 Å². The van der Waals surface area contributed by atoms with E-state index in [4.69, 9.17) is 23.2 Å². The van der Waals surface area contributed by atoms with Crippen LogP contribution in [0.5, 0.6) is 0 Å². The number of hydrazine groups is 1. The molecule has 0 aliphatic carbocycles. The molecular formula is C20H19Cl2N5O2. The number of hydrogen-bond acceptors (Lipinski definition) is 5. The van der Waals surface area contributed by atoms with E-state index in [0.717, 1.165) is 5.56 Å². The molecule has 150 valence electrons. The van der Waals surface area contributed by atoms with Crippen LogP contribution in [0.2, 0.25) is 10.0 Å². The largest absolute Gasteiger partial charge is 0.285 e. The lowest BCUT2D eigenvalue weighted by Gasteiger charge is -2.21. The molecule has 3 rings (SSSR count). The van der Waals surface area contributed by atoms with Crippen LogP contribution in [0.1, 0.15) is 24.5 Å². The summed E-state index contributed by atoms with van der Waals surface area (Å²) in [5.41, 5.74) is 9.97. The van der Waals surface area contributed by atoms with E-state index in [9.17, 15) is 9.59 Å². The molecule has 1 atom stereocenters. The molecule has 7 nitrogen and oxygen atoms in total. The van der Waals surface area contributed by atoms with Crippen LogP contribution in [0.3, 0.4) is 0 Å². The number of hydrazone groups is 1. The molecule has 0 bridgehead atoms. The molecule has 0 radical (unpaired) electrons. The second kappa shape index (κ2) is 9.54. The number of amidine groups is 1. The molecule has 29 heavy (non-hydrogen) atoms. The van der Waals surface area contributed by atoms with Crippen LogP contribution in [0.4, 0.5) is 0 Å². The van der Waals surface area contributed by atoms with Crippen molar-refractivity contribution < 1.29 is 9.59 Å². The van der Waals surface area contributed by atoms with Gasteiger partial charge in [0.15, 0.2) is 0 Å². The predicted octanol–water partition coefficient (Wildman–Crippen LogP) is 2.87. The van der Waals surface area contributed by atoms with Crippen LogP contribution in [0.25, 0.3) is 0 Å². The molecule has 0 saturated heterocycles. The van der Waals surface area contributed by atoms with Gasteiger partial charge in [-0.1, -0.05) is 59.6 Å². The summed E-state index contributed by atoms with van der Waals surface area (Å²) < 4.78 is 0. The van der Waals surface area contributed by atoms with Gasteiger partial charge in [0.1, 0.15) is 11.9 Å². The molecule has 0 aromatic heterocycles. The van der Waals surface area contributed by atoms with Crippen LogP contribution in [0, 0.1) is 0 Å². The highest BCUT2D eigenvalue weighted by molar-refractivity contribution is 6.37. The molecule has 2 amide bonds. The fourth-order valence-electron chi connectivity index (χ4n) is 2.72. The van der Waals surface area contributed by atoms with E-state index in [0.29, 0.717) is 33.6 Å². The maximum Gasteiger partial charge on any atom is 0.263 e. The Morgan fingerprint density at radius 3 is 2.66 bits per heavy atom. The van der Waals surface area contributed by atoms with Gasteiger partial charge in [-0.25, -0.2) is 5.43 Å². The molecule has 0 unspecified atom stereocenters. The first-order valence-corrected chi connectivity index (χ1v) is 9.63. The van der Waals surface area contributed by atoms with E-state index >= 15 is 0 Å². The number of amides is 2. The van der Waals surface area contributed by atoms with E-state index in [1.807, 2.05) is 30.3 Å². The van der Waals surface area contributed by atoms with Crippen molar-refractivity contribution >= 4 is 46.6 Å². The summed E-state index contributed by atoms with van der Waals surface area (Å²) in [6, 6.07) is 13.9. The minimum Gasteiger partial charge on any atom is -0.285 e. The maximum atomic E-state index is 12.3. The first-order valence-electron chi connectivity index (χ1n) is 8.87. The van der Waals surface area contributed by atoms with Crippen LogP contribution in [-0.4, -0.2) is 29.4 Å². The van der Waals surface area contributed by atoms with Crippen molar-refractivity contribution in [2.24, 2.45) is 10.1 Å². The van der Waals surface area contributed by atoms with E-state index in [1.54, 1.807) is 25.1 Å². The number of carbonyl (C=O) groups is 2. The Labute approximate surface area is 178 Å². The van der Waals surface area contributed by atoms with Gasteiger partial charge < -0.3 is 0 Å². The number of nitrogens with one attached hydrogen (secondary N) is 3. The third-order valence-electron chi connectivity index (χ3n) is 4.21. The average molecular weight is 432 g/mol. The lowest BCUT2D eigenvalue weighted by molar-refractivity contribution is -0.128. The van der Waals surface area contributed by atoms with Gasteiger partial charge in [0.2, 0.25) is 5.91 Å². The zero-order valence-electron chi connectivity index (χ0n) is 15.6. The molecule has 9 heteroatoms.